The number of nitrogens with one attached hydrogen (secondary N) is 1. The Balaban J connectivity index is 2.26. The van der Waals surface area contributed by atoms with Crippen LogP contribution in [0.2, 0.25) is 0 Å². The zero-order valence-corrected chi connectivity index (χ0v) is 12.8. The molecule has 0 aliphatic heterocycles. The number of benzene rings is 1. The summed E-state index contributed by atoms with van der Waals surface area (Å²) in [5.41, 5.74) is 1.74. The van der Waals surface area contributed by atoms with Gasteiger partial charge in [0.05, 0.1) is 10.2 Å². The first-order valence-electron chi connectivity index (χ1n) is 5.54. The van der Waals surface area contributed by atoms with Gasteiger partial charge in [0.1, 0.15) is 5.82 Å². The maximum atomic E-state index is 13.2. The second-order valence-corrected chi connectivity index (χ2v) is 6.75. The number of rotatable bonds is 2. The van der Waals surface area contributed by atoms with Crippen molar-refractivity contribution in [2.75, 3.05) is 5.32 Å². The molecule has 0 bridgehead atoms. The molecular formula is C13H14BrFN2S. The topological polar surface area (TPSA) is 24.9 Å². The van der Waals surface area contributed by atoms with Crippen molar-refractivity contribution in [1.29, 1.82) is 0 Å². The summed E-state index contributed by atoms with van der Waals surface area (Å²) in [5.74, 6) is -0.262. The number of halogens is 2. The Morgan fingerprint density at radius 2 is 2.06 bits per heavy atom. The van der Waals surface area contributed by atoms with E-state index in [-0.39, 0.29) is 11.4 Å². The van der Waals surface area contributed by atoms with E-state index < -0.39 is 0 Å². The Hall–Kier alpha value is -0.940. The van der Waals surface area contributed by atoms with Gasteiger partial charge in [0, 0.05) is 16.5 Å². The maximum Gasteiger partial charge on any atom is 0.183 e. The summed E-state index contributed by atoms with van der Waals surface area (Å²) in [4.78, 5) is 4.50. The van der Waals surface area contributed by atoms with E-state index in [1.807, 2.05) is 5.38 Å². The predicted octanol–water partition coefficient (Wildman–Crippen LogP) is 4.92. The fourth-order valence-corrected chi connectivity index (χ4v) is 2.75. The summed E-state index contributed by atoms with van der Waals surface area (Å²) in [7, 11) is 0. The summed E-state index contributed by atoms with van der Waals surface area (Å²) >= 11 is 4.73. The third kappa shape index (κ3) is 3.29. The van der Waals surface area contributed by atoms with Gasteiger partial charge in [-0.15, -0.1) is 11.3 Å². The van der Waals surface area contributed by atoms with Crippen LogP contribution in [0.15, 0.2) is 28.1 Å². The van der Waals surface area contributed by atoms with Gasteiger partial charge in [-0.2, -0.15) is 0 Å². The SMILES string of the molecule is CC(C)(C)Nc1nc(-c2ccc(F)c(Br)c2)cs1. The lowest BCUT2D eigenvalue weighted by atomic mass is 10.1. The van der Waals surface area contributed by atoms with Crippen LogP contribution in [-0.4, -0.2) is 10.5 Å². The van der Waals surface area contributed by atoms with Gasteiger partial charge in [0.25, 0.3) is 0 Å². The molecule has 96 valence electrons. The molecule has 5 heteroatoms. The van der Waals surface area contributed by atoms with E-state index >= 15 is 0 Å². The fourth-order valence-electron chi connectivity index (χ4n) is 1.44. The third-order valence-electron chi connectivity index (χ3n) is 2.20. The van der Waals surface area contributed by atoms with Gasteiger partial charge >= 0.3 is 0 Å². The molecule has 0 spiro atoms. The van der Waals surface area contributed by atoms with Crippen molar-refractivity contribution in [3.63, 3.8) is 0 Å². The number of thiazole rings is 1. The summed E-state index contributed by atoms with van der Waals surface area (Å²) in [6.07, 6.45) is 0. The van der Waals surface area contributed by atoms with Gasteiger partial charge in [-0.3, -0.25) is 0 Å². The molecule has 2 nitrogen and oxygen atoms in total. The first-order chi connectivity index (χ1) is 8.35. The molecule has 0 saturated carbocycles. The molecule has 0 aliphatic carbocycles. The molecule has 1 N–H and O–H groups in total. The molecule has 0 unspecified atom stereocenters. The van der Waals surface area contributed by atoms with Crippen molar-refractivity contribution in [2.45, 2.75) is 26.3 Å². The molecule has 0 saturated heterocycles. The molecule has 1 heterocycles. The lowest BCUT2D eigenvalue weighted by Crippen LogP contribution is -2.25. The van der Waals surface area contributed by atoms with E-state index in [2.05, 4.69) is 47.0 Å². The maximum absolute atomic E-state index is 13.2. The highest BCUT2D eigenvalue weighted by Crippen LogP contribution is 2.29. The Morgan fingerprint density at radius 3 is 2.67 bits per heavy atom. The summed E-state index contributed by atoms with van der Waals surface area (Å²) in [6, 6.07) is 4.91. The molecule has 1 aromatic heterocycles. The van der Waals surface area contributed by atoms with Crippen LogP contribution in [0.1, 0.15) is 20.8 Å². The van der Waals surface area contributed by atoms with Crippen LogP contribution in [0.25, 0.3) is 11.3 Å². The van der Waals surface area contributed by atoms with Crippen LogP contribution in [0.4, 0.5) is 9.52 Å². The Labute approximate surface area is 118 Å². The van der Waals surface area contributed by atoms with Crippen molar-refractivity contribution in [2.24, 2.45) is 0 Å². The van der Waals surface area contributed by atoms with Crippen molar-refractivity contribution in [3.8, 4) is 11.3 Å². The minimum absolute atomic E-state index is 0.0154. The summed E-state index contributed by atoms with van der Waals surface area (Å²) in [5, 5.41) is 6.16. The first kappa shape index (κ1) is 13.5. The summed E-state index contributed by atoms with van der Waals surface area (Å²) in [6.45, 7) is 6.26. The van der Waals surface area contributed by atoms with Crippen LogP contribution in [0, 0.1) is 5.82 Å². The van der Waals surface area contributed by atoms with Crippen molar-refractivity contribution < 1.29 is 4.39 Å². The highest BCUT2D eigenvalue weighted by Gasteiger charge is 2.13. The molecule has 0 aliphatic rings. The van der Waals surface area contributed by atoms with E-state index in [0.717, 1.165) is 16.4 Å². The van der Waals surface area contributed by atoms with Crippen LogP contribution in [0.5, 0.6) is 0 Å². The van der Waals surface area contributed by atoms with Gasteiger partial charge in [-0.05, 0) is 54.9 Å². The molecule has 1 aromatic carbocycles. The number of anilines is 1. The molecule has 0 amide bonds. The second kappa shape index (κ2) is 4.97. The predicted molar refractivity (Wildman–Crippen MR) is 78.6 cm³/mol. The van der Waals surface area contributed by atoms with E-state index in [1.54, 1.807) is 23.5 Å². The lowest BCUT2D eigenvalue weighted by molar-refractivity contribution is 0.621. The van der Waals surface area contributed by atoms with E-state index in [1.165, 1.54) is 6.07 Å². The van der Waals surface area contributed by atoms with Crippen LogP contribution < -0.4 is 5.32 Å². The summed E-state index contributed by atoms with van der Waals surface area (Å²) < 4.78 is 13.6. The minimum atomic E-state index is -0.262. The van der Waals surface area contributed by atoms with Gasteiger partial charge < -0.3 is 5.32 Å². The van der Waals surface area contributed by atoms with E-state index in [0.29, 0.717) is 4.47 Å². The molecule has 0 radical (unpaired) electrons. The molecule has 18 heavy (non-hydrogen) atoms. The van der Waals surface area contributed by atoms with Gasteiger partial charge in [0.15, 0.2) is 5.13 Å². The molecule has 0 fully saturated rings. The van der Waals surface area contributed by atoms with Gasteiger partial charge in [-0.1, -0.05) is 0 Å². The Morgan fingerprint density at radius 1 is 1.33 bits per heavy atom. The number of nitrogens with zero attached hydrogens (tertiary/aromatic N) is 1. The Bertz CT molecular complexity index is 560. The standard InChI is InChI=1S/C13H14BrFN2S/c1-13(2,3)17-12-16-11(7-18-12)8-4-5-10(15)9(14)6-8/h4-7H,1-3H3,(H,16,17). The highest BCUT2D eigenvalue weighted by molar-refractivity contribution is 9.10. The minimum Gasteiger partial charge on any atom is -0.357 e. The fraction of sp³-hybridized carbons (Fsp3) is 0.308. The molecule has 2 aromatic rings. The van der Waals surface area contributed by atoms with Gasteiger partial charge in [-0.25, -0.2) is 9.37 Å². The highest BCUT2D eigenvalue weighted by atomic mass is 79.9. The molecule has 0 atom stereocenters. The largest absolute Gasteiger partial charge is 0.357 e. The van der Waals surface area contributed by atoms with Crippen LogP contribution in [0.3, 0.4) is 0 Å². The number of hydrogen-bond acceptors (Lipinski definition) is 3. The van der Waals surface area contributed by atoms with E-state index in [9.17, 15) is 4.39 Å². The van der Waals surface area contributed by atoms with Gasteiger partial charge in [0.2, 0.25) is 0 Å². The third-order valence-corrected chi connectivity index (χ3v) is 3.57. The monoisotopic (exact) mass is 328 g/mol. The zero-order valence-electron chi connectivity index (χ0n) is 10.4. The zero-order chi connectivity index (χ0) is 13.3. The van der Waals surface area contributed by atoms with Crippen molar-refractivity contribution in [1.82, 2.24) is 4.98 Å². The Kier molecular flexibility index (Phi) is 3.73. The molecular weight excluding hydrogens is 315 g/mol. The van der Waals surface area contributed by atoms with Crippen LogP contribution >= 0.6 is 27.3 Å². The van der Waals surface area contributed by atoms with Crippen molar-refractivity contribution in [3.05, 3.63) is 33.9 Å². The lowest BCUT2D eigenvalue weighted by Gasteiger charge is -2.19. The average molecular weight is 329 g/mol. The number of aromatic nitrogens is 1. The average Bonchev–Trinajstić information content (AvgIpc) is 2.68. The number of hydrogen-bond donors (Lipinski definition) is 1. The first-order valence-corrected chi connectivity index (χ1v) is 7.21. The second-order valence-electron chi connectivity index (χ2n) is 5.04. The van der Waals surface area contributed by atoms with E-state index in [4.69, 9.17) is 0 Å². The van der Waals surface area contributed by atoms with Crippen LogP contribution in [-0.2, 0) is 0 Å². The van der Waals surface area contributed by atoms with Crippen molar-refractivity contribution >= 4 is 32.4 Å². The molecule has 2 rings (SSSR count). The smallest absolute Gasteiger partial charge is 0.183 e. The quantitative estimate of drug-likeness (QED) is 0.846. The normalized spacial score (nSPS) is 11.6.